The zero-order chi connectivity index (χ0) is 12.3. The summed E-state index contributed by atoms with van der Waals surface area (Å²) in [5.74, 6) is 1.26. The first-order chi connectivity index (χ1) is 8.13. The van der Waals surface area contributed by atoms with Crippen molar-refractivity contribution in [2.24, 2.45) is 5.73 Å². The fourth-order valence-electron chi connectivity index (χ4n) is 1.51. The lowest BCUT2D eigenvalue weighted by molar-refractivity contribution is 0.367. The molecular formula is C12H15Cl2N3O. The summed E-state index contributed by atoms with van der Waals surface area (Å²) in [6, 6.07) is 7.62. The average molecular weight is 288 g/mol. The summed E-state index contributed by atoms with van der Waals surface area (Å²) >= 11 is 5.81. The van der Waals surface area contributed by atoms with Crippen molar-refractivity contribution in [3.8, 4) is 0 Å². The lowest BCUT2D eigenvalue weighted by Gasteiger charge is -1.97. The van der Waals surface area contributed by atoms with E-state index in [1.54, 1.807) is 0 Å². The number of rotatable bonds is 4. The molecule has 0 aliphatic heterocycles. The fraction of sp³-hybridized carbons (Fsp3) is 0.333. The highest BCUT2D eigenvalue weighted by molar-refractivity contribution is 6.30. The summed E-state index contributed by atoms with van der Waals surface area (Å²) in [7, 11) is 0. The predicted molar refractivity (Wildman–Crippen MR) is 73.2 cm³/mol. The minimum absolute atomic E-state index is 0. The SMILES string of the molecule is CC(N)Cc1nc(Cc2ccc(Cl)cc2)no1.Cl. The van der Waals surface area contributed by atoms with E-state index in [-0.39, 0.29) is 18.4 Å². The van der Waals surface area contributed by atoms with Crippen LogP contribution in [0.4, 0.5) is 0 Å². The molecule has 1 heterocycles. The van der Waals surface area contributed by atoms with Gasteiger partial charge in [-0.15, -0.1) is 12.4 Å². The summed E-state index contributed by atoms with van der Waals surface area (Å²) in [6.07, 6.45) is 1.24. The second kappa shape index (κ2) is 6.73. The topological polar surface area (TPSA) is 64.9 Å². The van der Waals surface area contributed by atoms with Crippen LogP contribution in [0.15, 0.2) is 28.8 Å². The van der Waals surface area contributed by atoms with Gasteiger partial charge in [-0.3, -0.25) is 0 Å². The number of aromatic nitrogens is 2. The molecule has 0 aliphatic rings. The van der Waals surface area contributed by atoms with E-state index in [2.05, 4.69) is 10.1 Å². The molecule has 0 bridgehead atoms. The van der Waals surface area contributed by atoms with E-state index in [0.717, 1.165) is 10.6 Å². The molecule has 18 heavy (non-hydrogen) atoms. The third-order valence-electron chi connectivity index (χ3n) is 2.28. The second-order valence-electron chi connectivity index (χ2n) is 4.09. The Morgan fingerprint density at radius 3 is 2.61 bits per heavy atom. The van der Waals surface area contributed by atoms with Crippen molar-refractivity contribution in [3.05, 3.63) is 46.6 Å². The number of halogens is 2. The highest BCUT2D eigenvalue weighted by atomic mass is 35.5. The lowest BCUT2D eigenvalue weighted by atomic mass is 10.1. The Hall–Kier alpha value is -1.10. The van der Waals surface area contributed by atoms with Crippen LogP contribution in [-0.4, -0.2) is 16.2 Å². The highest BCUT2D eigenvalue weighted by Crippen LogP contribution is 2.12. The van der Waals surface area contributed by atoms with Crippen LogP contribution in [0.2, 0.25) is 5.02 Å². The van der Waals surface area contributed by atoms with Crippen molar-refractivity contribution in [1.29, 1.82) is 0 Å². The van der Waals surface area contributed by atoms with Crippen molar-refractivity contribution in [3.63, 3.8) is 0 Å². The molecule has 98 valence electrons. The third kappa shape index (κ3) is 4.29. The van der Waals surface area contributed by atoms with E-state index < -0.39 is 0 Å². The van der Waals surface area contributed by atoms with Gasteiger partial charge in [0, 0.05) is 23.9 Å². The Bertz CT molecular complexity index is 482. The van der Waals surface area contributed by atoms with Gasteiger partial charge in [0.2, 0.25) is 5.89 Å². The molecule has 0 aliphatic carbocycles. The van der Waals surface area contributed by atoms with Crippen LogP contribution in [0.5, 0.6) is 0 Å². The van der Waals surface area contributed by atoms with Crippen LogP contribution >= 0.6 is 24.0 Å². The molecule has 1 aromatic carbocycles. The van der Waals surface area contributed by atoms with Gasteiger partial charge < -0.3 is 10.3 Å². The summed E-state index contributed by atoms with van der Waals surface area (Å²) in [4.78, 5) is 4.28. The Kier molecular flexibility index (Phi) is 5.59. The third-order valence-corrected chi connectivity index (χ3v) is 2.53. The Morgan fingerprint density at radius 2 is 2.00 bits per heavy atom. The number of hydrogen-bond donors (Lipinski definition) is 1. The molecule has 0 spiro atoms. The first-order valence-electron chi connectivity index (χ1n) is 5.45. The maximum atomic E-state index is 5.81. The predicted octanol–water partition coefficient (Wildman–Crippen LogP) is 2.63. The van der Waals surface area contributed by atoms with Gasteiger partial charge in [-0.05, 0) is 24.6 Å². The van der Waals surface area contributed by atoms with Gasteiger partial charge in [-0.1, -0.05) is 28.9 Å². The molecule has 1 atom stereocenters. The Balaban J connectivity index is 0.00000162. The molecule has 6 heteroatoms. The second-order valence-corrected chi connectivity index (χ2v) is 4.53. The van der Waals surface area contributed by atoms with Crippen LogP contribution in [0.1, 0.15) is 24.2 Å². The van der Waals surface area contributed by atoms with Crippen molar-refractivity contribution < 1.29 is 4.52 Å². The van der Waals surface area contributed by atoms with Crippen molar-refractivity contribution >= 4 is 24.0 Å². The van der Waals surface area contributed by atoms with Crippen LogP contribution in [0, 0.1) is 0 Å². The van der Waals surface area contributed by atoms with E-state index in [1.165, 1.54) is 0 Å². The molecule has 4 nitrogen and oxygen atoms in total. The zero-order valence-electron chi connectivity index (χ0n) is 9.97. The van der Waals surface area contributed by atoms with Crippen molar-refractivity contribution in [2.75, 3.05) is 0 Å². The average Bonchev–Trinajstić information content (AvgIpc) is 2.68. The molecule has 0 radical (unpaired) electrons. The molecule has 2 rings (SSSR count). The highest BCUT2D eigenvalue weighted by Gasteiger charge is 2.08. The minimum Gasteiger partial charge on any atom is -0.339 e. The van der Waals surface area contributed by atoms with Crippen molar-refractivity contribution in [2.45, 2.75) is 25.8 Å². The van der Waals surface area contributed by atoms with E-state index in [4.69, 9.17) is 21.9 Å². The van der Waals surface area contributed by atoms with Gasteiger partial charge in [0.25, 0.3) is 0 Å². The first kappa shape index (κ1) is 15.0. The maximum Gasteiger partial charge on any atom is 0.228 e. The lowest BCUT2D eigenvalue weighted by Crippen LogP contribution is -2.17. The standard InChI is InChI=1S/C12H14ClN3O.ClH/c1-8(14)6-12-15-11(16-17-12)7-9-2-4-10(13)5-3-9;/h2-5,8H,6-7,14H2,1H3;1H. The van der Waals surface area contributed by atoms with Gasteiger partial charge in [0.05, 0.1) is 0 Å². The molecule has 0 saturated heterocycles. The number of nitrogens with zero attached hydrogens (tertiary/aromatic N) is 2. The quantitative estimate of drug-likeness (QED) is 0.939. The van der Waals surface area contributed by atoms with Crippen LogP contribution in [-0.2, 0) is 12.8 Å². The monoisotopic (exact) mass is 287 g/mol. The van der Waals surface area contributed by atoms with Gasteiger partial charge in [0.15, 0.2) is 5.82 Å². The van der Waals surface area contributed by atoms with Gasteiger partial charge >= 0.3 is 0 Å². The van der Waals surface area contributed by atoms with Gasteiger partial charge in [-0.2, -0.15) is 4.98 Å². The summed E-state index contributed by atoms with van der Waals surface area (Å²) in [6.45, 7) is 1.91. The van der Waals surface area contributed by atoms with Crippen LogP contribution < -0.4 is 5.73 Å². The molecule has 1 unspecified atom stereocenters. The zero-order valence-corrected chi connectivity index (χ0v) is 11.5. The fourth-order valence-corrected chi connectivity index (χ4v) is 1.63. The smallest absolute Gasteiger partial charge is 0.228 e. The van der Waals surface area contributed by atoms with Crippen LogP contribution in [0.3, 0.4) is 0 Å². The molecule has 0 amide bonds. The number of nitrogens with two attached hydrogens (primary N) is 1. The first-order valence-corrected chi connectivity index (χ1v) is 5.83. The number of benzene rings is 1. The molecule has 2 N–H and O–H groups in total. The Labute approximate surface area is 117 Å². The summed E-state index contributed by atoms with van der Waals surface area (Å²) < 4.78 is 5.10. The molecule has 2 aromatic rings. The molecule has 0 fully saturated rings. The minimum atomic E-state index is 0. The normalized spacial score (nSPS) is 11.9. The van der Waals surface area contributed by atoms with E-state index in [1.807, 2.05) is 31.2 Å². The van der Waals surface area contributed by atoms with Crippen LogP contribution in [0.25, 0.3) is 0 Å². The molecular weight excluding hydrogens is 273 g/mol. The van der Waals surface area contributed by atoms with Gasteiger partial charge in [0.1, 0.15) is 0 Å². The van der Waals surface area contributed by atoms with Crippen molar-refractivity contribution in [1.82, 2.24) is 10.1 Å². The summed E-state index contributed by atoms with van der Waals surface area (Å²) in [5, 5.41) is 4.63. The number of hydrogen-bond acceptors (Lipinski definition) is 4. The van der Waals surface area contributed by atoms with E-state index >= 15 is 0 Å². The molecule has 0 saturated carbocycles. The largest absolute Gasteiger partial charge is 0.339 e. The van der Waals surface area contributed by atoms with E-state index in [0.29, 0.717) is 24.6 Å². The Morgan fingerprint density at radius 1 is 1.33 bits per heavy atom. The molecule has 1 aromatic heterocycles. The van der Waals surface area contributed by atoms with Gasteiger partial charge in [-0.25, -0.2) is 0 Å². The summed E-state index contributed by atoms with van der Waals surface area (Å²) in [5.41, 5.74) is 6.76. The van der Waals surface area contributed by atoms with E-state index in [9.17, 15) is 0 Å². The maximum absolute atomic E-state index is 5.81.